The fourth-order valence-electron chi connectivity index (χ4n) is 3.83. The number of benzene rings is 2. The minimum Gasteiger partial charge on any atom is -0.508 e. The summed E-state index contributed by atoms with van der Waals surface area (Å²) < 4.78 is 12.0. The van der Waals surface area contributed by atoms with Crippen molar-refractivity contribution in [3.63, 3.8) is 0 Å². The van der Waals surface area contributed by atoms with E-state index in [-0.39, 0.29) is 11.9 Å². The van der Waals surface area contributed by atoms with Gasteiger partial charge in [-0.2, -0.15) is 0 Å². The lowest BCUT2D eigenvalue weighted by Gasteiger charge is -2.26. The minimum absolute atomic E-state index is 0.00207. The summed E-state index contributed by atoms with van der Waals surface area (Å²) in [4.78, 5) is 3.39. The van der Waals surface area contributed by atoms with Crippen LogP contribution in [0.15, 0.2) is 47.4 Å². The molecule has 0 saturated carbocycles. The van der Waals surface area contributed by atoms with E-state index >= 15 is 0 Å². The monoisotopic (exact) mass is 395 g/mol. The Hall–Kier alpha value is -2.29. The molecule has 0 bridgehead atoms. The standard InChI is InChI=1S/C23H25NO3S/c1-3-17-10-11-24(16(17)2)12-13-26-20-7-4-18(5-8-20)22-15-28-23-14-19(25)6-9-21(23)27-22/h1,4-9,14,16-17,22,25H,10-13,15H2,2H3/t16-,17+,22-/m1/s1. The second kappa shape index (κ2) is 8.38. The molecular weight excluding hydrogens is 370 g/mol. The molecule has 3 atom stereocenters. The Balaban J connectivity index is 1.30. The number of phenolic OH excluding ortho intramolecular Hbond substituents is 1. The Labute approximate surface area is 170 Å². The molecule has 28 heavy (non-hydrogen) atoms. The molecule has 2 aliphatic rings. The molecule has 4 rings (SSSR count). The van der Waals surface area contributed by atoms with Gasteiger partial charge in [-0.1, -0.05) is 12.1 Å². The van der Waals surface area contributed by atoms with Crippen LogP contribution in [-0.2, 0) is 0 Å². The molecule has 0 amide bonds. The zero-order valence-corrected chi connectivity index (χ0v) is 16.8. The highest BCUT2D eigenvalue weighted by molar-refractivity contribution is 7.99. The lowest BCUT2D eigenvalue weighted by atomic mass is 10.0. The number of thioether (sulfide) groups is 1. The highest BCUT2D eigenvalue weighted by Crippen LogP contribution is 2.42. The Morgan fingerprint density at radius 1 is 1.29 bits per heavy atom. The van der Waals surface area contributed by atoms with Gasteiger partial charge in [0.2, 0.25) is 0 Å². The van der Waals surface area contributed by atoms with Gasteiger partial charge in [0, 0.05) is 24.3 Å². The van der Waals surface area contributed by atoms with Gasteiger partial charge in [0.15, 0.2) is 0 Å². The molecule has 2 heterocycles. The number of fused-ring (bicyclic) bond motifs is 1. The Kier molecular flexibility index (Phi) is 5.70. The summed E-state index contributed by atoms with van der Waals surface area (Å²) in [6.45, 7) is 4.81. The van der Waals surface area contributed by atoms with Crippen molar-refractivity contribution in [1.29, 1.82) is 0 Å². The zero-order chi connectivity index (χ0) is 19.5. The van der Waals surface area contributed by atoms with Gasteiger partial charge in [-0.25, -0.2) is 0 Å². The van der Waals surface area contributed by atoms with Crippen molar-refractivity contribution >= 4 is 11.8 Å². The number of rotatable bonds is 5. The summed E-state index contributed by atoms with van der Waals surface area (Å²) in [5.74, 6) is 6.04. The Morgan fingerprint density at radius 3 is 2.86 bits per heavy atom. The molecule has 0 aromatic heterocycles. The summed E-state index contributed by atoms with van der Waals surface area (Å²) >= 11 is 1.70. The maximum Gasteiger partial charge on any atom is 0.134 e. The van der Waals surface area contributed by atoms with Crippen molar-refractivity contribution in [2.24, 2.45) is 5.92 Å². The van der Waals surface area contributed by atoms with Crippen LogP contribution in [0.4, 0.5) is 0 Å². The van der Waals surface area contributed by atoms with Crippen LogP contribution in [0.5, 0.6) is 17.2 Å². The second-order valence-corrected chi connectivity index (χ2v) is 8.37. The summed E-state index contributed by atoms with van der Waals surface area (Å²) in [5, 5.41) is 9.59. The third kappa shape index (κ3) is 4.09. The van der Waals surface area contributed by atoms with Crippen molar-refractivity contribution in [3.05, 3.63) is 48.0 Å². The minimum atomic E-state index is 0.00207. The van der Waals surface area contributed by atoms with Gasteiger partial charge in [0.05, 0.1) is 4.90 Å². The zero-order valence-electron chi connectivity index (χ0n) is 16.0. The van der Waals surface area contributed by atoms with Crippen LogP contribution in [0.2, 0.25) is 0 Å². The van der Waals surface area contributed by atoms with Gasteiger partial charge < -0.3 is 14.6 Å². The van der Waals surface area contributed by atoms with Crippen LogP contribution in [0.25, 0.3) is 0 Å². The summed E-state index contributed by atoms with van der Waals surface area (Å²) in [5.41, 5.74) is 1.13. The van der Waals surface area contributed by atoms with Crippen LogP contribution in [0.1, 0.15) is 25.0 Å². The number of hydrogen-bond acceptors (Lipinski definition) is 5. The first-order valence-electron chi connectivity index (χ1n) is 9.69. The van der Waals surface area contributed by atoms with E-state index in [9.17, 15) is 5.11 Å². The van der Waals surface area contributed by atoms with E-state index in [1.54, 1.807) is 23.9 Å². The molecule has 146 valence electrons. The van der Waals surface area contributed by atoms with E-state index < -0.39 is 0 Å². The first kappa shape index (κ1) is 19.0. The quantitative estimate of drug-likeness (QED) is 0.763. The topological polar surface area (TPSA) is 41.9 Å². The van der Waals surface area contributed by atoms with Gasteiger partial charge in [-0.05, 0) is 55.8 Å². The molecule has 2 aliphatic heterocycles. The van der Waals surface area contributed by atoms with Gasteiger partial charge in [0.25, 0.3) is 0 Å². The Morgan fingerprint density at radius 2 is 2.11 bits per heavy atom. The van der Waals surface area contributed by atoms with Gasteiger partial charge in [-0.3, -0.25) is 4.90 Å². The fourth-order valence-corrected chi connectivity index (χ4v) is 4.88. The molecule has 1 fully saturated rings. The second-order valence-electron chi connectivity index (χ2n) is 7.30. The van der Waals surface area contributed by atoms with E-state index in [1.807, 2.05) is 18.2 Å². The highest BCUT2D eigenvalue weighted by Gasteiger charge is 2.28. The summed E-state index contributed by atoms with van der Waals surface area (Å²) in [7, 11) is 0. The molecule has 0 spiro atoms. The van der Waals surface area contributed by atoms with E-state index in [4.69, 9.17) is 15.9 Å². The number of nitrogens with zero attached hydrogens (tertiary/aromatic N) is 1. The number of terminal acetylenes is 1. The van der Waals surface area contributed by atoms with E-state index in [0.29, 0.717) is 18.6 Å². The first-order valence-corrected chi connectivity index (χ1v) is 10.7. The van der Waals surface area contributed by atoms with Crippen LogP contribution < -0.4 is 9.47 Å². The lowest BCUT2D eigenvalue weighted by molar-refractivity contribution is 0.198. The molecule has 2 aromatic rings. The maximum atomic E-state index is 9.59. The number of likely N-dealkylation sites (tertiary alicyclic amines) is 1. The van der Waals surface area contributed by atoms with Crippen molar-refractivity contribution in [2.45, 2.75) is 30.4 Å². The van der Waals surface area contributed by atoms with Crippen LogP contribution in [0, 0.1) is 18.3 Å². The predicted molar refractivity (Wildman–Crippen MR) is 112 cm³/mol. The fraction of sp³-hybridized carbons (Fsp3) is 0.391. The third-order valence-corrected chi connectivity index (χ3v) is 6.68. The van der Waals surface area contributed by atoms with Crippen LogP contribution in [0.3, 0.4) is 0 Å². The molecule has 0 aliphatic carbocycles. The van der Waals surface area contributed by atoms with E-state index in [1.165, 1.54) is 0 Å². The van der Waals surface area contributed by atoms with Crippen LogP contribution in [-0.4, -0.2) is 41.5 Å². The van der Waals surface area contributed by atoms with Crippen molar-refractivity contribution < 1.29 is 14.6 Å². The number of phenols is 1. The van der Waals surface area contributed by atoms with Crippen molar-refractivity contribution in [2.75, 3.05) is 25.4 Å². The third-order valence-electron chi connectivity index (χ3n) is 5.59. The smallest absolute Gasteiger partial charge is 0.134 e. The van der Waals surface area contributed by atoms with Gasteiger partial charge in [0.1, 0.15) is 30.0 Å². The molecule has 5 heteroatoms. The van der Waals surface area contributed by atoms with E-state index in [0.717, 1.165) is 47.2 Å². The summed E-state index contributed by atoms with van der Waals surface area (Å²) in [6, 6.07) is 13.8. The van der Waals surface area contributed by atoms with Crippen molar-refractivity contribution in [1.82, 2.24) is 4.90 Å². The molecular formula is C23H25NO3S. The number of hydrogen-bond donors (Lipinski definition) is 1. The molecule has 0 radical (unpaired) electrons. The highest BCUT2D eigenvalue weighted by atomic mass is 32.2. The average Bonchev–Trinajstić information content (AvgIpc) is 3.08. The van der Waals surface area contributed by atoms with Gasteiger partial charge in [-0.15, -0.1) is 24.1 Å². The first-order chi connectivity index (χ1) is 13.6. The molecule has 2 aromatic carbocycles. The van der Waals surface area contributed by atoms with E-state index in [2.05, 4.69) is 29.9 Å². The largest absolute Gasteiger partial charge is 0.508 e. The Bertz CT molecular complexity index is 861. The number of aromatic hydroxyl groups is 1. The lowest BCUT2D eigenvalue weighted by Crippen LogP contribution is -2.33. The number of ether oxygens (including phenoxy) is 2. The molecule has 1 N–H and O–H groups in total. The SMILES string of the molecule is C#C[C@H]1CCN(CCOc2ccc([C@H]3CSc4cc(O)ccc4O3)cc2)[C@@H]1C. The van der Waals surface area contributed by atoms with Crippen molar-refractivity contribution in [3.8, 4) is 29.6 Å². The summed E-state index contributed by atoms with van der Waals surface area (Å²) in [6.07, 6.45) is 6.66. The normalized spacial score (nSPS) is 24.2. The molecule has 1 saturated heterocycles. The predicted octanol–water partition coefficient (Wildman–Crippen LogP) is 4.34. The maximum absolute atomic E-state index is 9.59. The van der Waals surface area contributed by atoms with Crippen LogP contribution >= 0.6 is 11.8 Å². The van der Waals surface area contributed by atoms with Gasteiger partial charge >= 0.3 is 0 Å². The molecule has 4 nitrogen and oxygen atoms in total. The molecule has 0 unspecified atom stereocenters. The average molecular weight is 396 g/mol.